The van der Waals surface area contributed by atoms with E-state index in [2.05, 4.69) is 24.8 Å². The van der Waals surface area contributed by atoms with Gasteiger partial charge < -0.3 is 24.8 Å². The molecule has 9 heteroatoms. The lowest BCUT2D eigenvalue weighted by atomic mass is 9.90. The summed E-state index contributed by atoms with van der Waals surface area (Å²) in [5.41, 5.74) is 1.60. The Morgan fingerprint density at radius 2 is 1.65 bits per heavy atom. The standard InChI is InChI=1S/C25H30N6O3/c1-25(2,3)21-18(26-15-27-21)14-20-23(33)28-19(22(32)29-20)13-16-6-5-7-17(12-16)24(34)31-10-8-30(4)9-11-31/h5-7,12-15H,8-11H2,1-4H3,(H,26,27)(H,28,33)(H,29,32)/b19-13-,20-14-. The summed E-state index contributed by atoms with van der Waals surface area (Å²) in [4.78, 5) is 55.0. The number of aromatic nitrogens is 4. The van der Waals surface area contributed by atoms with Crippen LogP contribution >= 0.6 is 0 Å². The molecule has 0 aliphatic carbocycles. The fourth-order valence-electron chi connectivity index (χ4n) is 3.97. The van der Waals surface area contributed by atoms with E-state index < -0.39 is 11.1 Å². The Labute approximate surface area is 196 Å². The maximum absolute atomic E-state index is 12.9. The van der Waals surface area contributed by atoms with Crippen molar-refractivity contribution in [3.05, 3.63) is 84.5 Å². The number of hydrogen-bond donors (Lipinski definition) is 3. The summed E-state index contributed by atoms with van der Waals surface area (Å²) < 4.78 is 0. The van der Waals surface area contributed by atoms with Crippen molar-refractivity contribution >= 4 is 18.1 Å². The second-order valence-corrected chi connectivity index (χ2v) is 9.66. The maximum atomic E-state index is 12.9. The third-order valence-corrected chi connectivity index (χ3v) is 5.92. The number of imidazole rings is 1. The molecule has 0 radical (unpaired) electrons. The Hall–Kier alpha value is -3.72. The van der Waals surface area contributed by atoms with Gasteiger partial charge in [0.1, 0.15) is 10.7 Å². The fourth-order valence-corrected chi connectivity index (χ4v) is 3.97. The van der Waals surface area contributed by atoms with E-state index >= 15 is 0 Å². The van der Waals surface area contributed by atoms with Crippen molar-refractivity contribution in [2.45, 2.75) is 26.2 Å². The smallest absolute Gasteiger partial charge is 0.272 e. The van der Waals surface area contributed by atoms with Crippen molar-refractivity contribution in [2.24, 2.45) is 0 Å². The van der Waals surface area contributed by atoms with E-state index in [4.69, 9.17) is 0 Å². The number of nitrogens with one attached hydrogen (secondary N) is 3. The molecule has 4 rings (SSSR count). The van der Waals surface area contributed by atoms with Crippen molar-refractivity contribution in [2.75, 3.05) is 33.2 Å². The highest BCUT2D eigenvalue weighted by Crippen LogP contribution is 2.22. The molecule has 3 heterocycles. The number of benzene rings is 1. The molecular formula is C25H30N6O3. The highest BCUT2D eigenvalue weighted by molar-refractivity contribution is 5.94. The van der Waals surface area contributed by atoms with Crippen molar-refractivity contribution in [1.29, 1.82) is 0 Å². The summed E-state index contributed by atoms with van der Waals surface area (Å²) in [5.74, 6) is -0.0376. The van der Waals surface area contributed by atoms with Gasteiger partial charge in [-0.25, -0.2) is 4.98 Å². The van der Waals surface area contributed by atoms with Gasteiger partial charge in [-0.2, -0.15) is 0 Å². The summed E-state index contributed by atoms with van der Waals surface area (Å²) in [6, 6.07) is 7.06. The molecule has 34 heavy (non-hydrogen) atoms. The zero-order valence-electron chi connectivity index (χ0n) is 19.9. The molecule has 1 aliphatic rings. The molecule has 0 bridgehead atoms. The van der Waals surface area contributed by atoms with Crippen molar-refractivity contribution in [3.8, 4) is 0 Å². The van der Waals surface area contributed by atoms with Crippen LogP contribution in [0, 0.1) is 0 Å². The Balaban J connectivity index is 1.66. The summed E-state index contributed by atoms with van der Waals surface area (Å²) in [7, 11) is 2.04. The molecule has 178 valence electrons. The molecule has 1 aliphatic heterocycles. The predicted octanol–water partition coefficient (Wildman–Crippen LogP) is 0.129. The van der Waals surface area contributed by atoms with E-state index in [-0.39, 0.29) is 22.0 Å². The van der Waals surface area contributed by atoms with Crippen LogP contribution in [0.4, 0.5) is 0 Å². The Kier molecular flexibility index (Phi) is 6.39. The lowest BCUT2D eigenvalue weighted by Crippen LogP contribution is -2.47. The van der Waals surface area contributed by atoms with E-state index in [0.717, 1.165) is 18.8 Å². The first-order valence-corrected chi connectivity index (χ1v) is 11.3. The minimum atomic E-state index is -0.436. The zero-order chi connectivity index (χ0) is 24.5. The van der Waals surface area contributed by atoms with Crippen LogP contribution in [-0.2, 0) is 5.41 Å². The predicted molar refractivity (Wildman–Crippen MR) is 131 cm³/mol. The van der Waals surface area contributed by atoms with Crippen LogP contribution in [-0.4, -0.2) is 68.9 Å². The van der Waals surface area contributed by atoms with Crippen LogP contribution in [0.3, 0.4) is 0 Å². The molecule has 0 unspecified atom stereocenters. The molecule has 1 saturated heterocycles. The van der Waals surface area contributed by atoms with Crippen LogP contribution < -0.4 is 21.8 Å². The number of nitrogens with zero attached hydrogens (tertiary/aromatic N) is 3. The van der Waals surface area contributed by atoms with Crippen molar-refractivity contribution < 1.29 is 4.79 Å². The largest absolute Gasteiger partial charge is 0.348 e. The fraction of sp³-hybridized carbons (Fsp3) is 0.360. The highest BCUT2D eigenvalue weighted by atomic mass is 16.2. The lowest BCUT2D eigenvalue weighted by Gasteiger charge is -2.32. The zero-order valence-corrected chi connectivity index (χ0v) is 19.9. The minimum absolute atomic E-state index is 0.0376. The Morgan fingerprint density at radius 1 is 1.00 bits per heavy atom. The number of likely N-dealkylation sites (N-methyl/N-ethyl adjacent to an activating group) is 1. The van der Waals surface area contributed by atoms with Crippen molar-refractivity contribution in [3.63, 3.8) is 0 Å². The molecule has 1 amide bonds. The van der Waals surface area contributed by atoms with Gasteiger partial charge in [0.2, 0.25) is 0 Å². The van der Waals surface area contributed by atoms with Gasteiger partial charge in [-0.1, -0.05) is 32.9 Å². The van der Waals surface area contributed by atoms with Crippen LogP contribution in [0.2, 0.25) is 0 Å². The van der Waals surface area contributed by atoms with Gasteiger partial charge in [0.25, 0.3) is 17.0 Å². The molecule has 3 N–H and O–H groups in total. The second kappa shape index (κ2) is 9.26. The lowest BCUT2D eigenvalue weighted by molar-refractivity contribution is 0.0664. The van der Waals surface area contributed by atoms with Gasteiger partial charge >= 0.3 is 0 Å². The summed E-state index contributed by atoms with van der Waals surface area (Å²) in [5, 5.41) is 0.239. The van der Waals surface area contributed by atoms with E-state index in [9.17, 15) is 14.4 Å². The van der Waals surface area contributed by atoms with Gasteiger partial charge in [0.05, 0.1) is 12.0 Å². The molecule has 9 nitrogen and oxygen atoms in total. The Morgan fingerprint density at radius 3 is 2.29 bits per heavy atom. The molecule has 0 atom stereocenters. The Bertz CT molecular complexity index is 1430. The number of amides is 1. The van der Waals surface area contributed by atoms with Crippen LogP contribution in [0.25, 0.3) is 12.2 Å². The molecule has 2 aromatic heterocycles. The number of carbonyl (C=O) groups excluding carboxylic acids is 1. The number of rotatable bonds is 3. The van der Waals surface area contributed by atoms with Gasteiger partial charge in [-0.15, -0.1) is 0 Å². The molecule has 0 spiro atoms. The topological polar surface area (TPSA) is 118 Å². The summed E-state index contributed by atoms with van der Waals surface area (Å²) in [6.07, 6.45) is 4.70. The average Bonchev–Trinajstić information content (AvgIpc) is 3.26. The first-order valence-electron chi connectivity index (χ1n) is 11.3. The van der Waals surface area contributed by atoms with Gasteiger partial charge in [0.15, 0.2) is 0 Å². The van der Waals surface area contributed by atoms with Crippen LogP contribution in [0.1, 0.15) is 48.1 Å². The van der Waals surface area contributed by atoms with Crippen LogP contribution in [0.15, 0.2) is 40.2 Å². The van der Waals surface area contributed by atoms with Crippen LogP contribution in [0.5, 0.6) is 0 Å². The molecule has 1 fully saturated rings. The van der Waals surface area contributed by atoms with E-state index in [1.165, 1.54) is 0 Å². The normalized spacial score (nSPS) is 16.3. The van der Waals surface area contributed by atoms with E-state index in [0.29, 0.717) is 29.9 Å². The van der Waals surface area contributed by atoms with E-state index in [1.807, 2.05) is 32.7 Å². The van der Waals surface area contributed by atoms with Crippen molar-refractivity contribution in [1.82, 2.24) is 29.7 Å². The number of H-pyrrole nitrogens is 3. The molecule has 0 saturated carbocycles. The molecule has 1 aromatic carbocycles. The average molecular weight is 463 g/mol. The number of hydrogen-bond acceptors (Lipinski definition) is 5. The quantitative estimate of drug-likeness (QED) is 0.511. The maximum Gasteiger partial charge on any atom is 0.272 e. The first kappa shape index (κ1) is 23.4. The summed E-state index contributed by atoms with van der Waals surface area (Å²) >= 11 is 0. The second-order valence-electron chi connectivity index (χ2n) is 9.66. The molecular weight excluding hydrogens is 432 g/mol. The summed E-state index contributed by atoms with van der Waals surface area (Å²) in [6.45, 7) is 9.14. The van der Waals surface area contributed by atoms with Gasteiger partial charge in [-0.05, 0) is 36.9 Å². The highest BCUT2D eigenvalue weighted by Gasteiger charge is 2.21. The molecule has 3 aromatic rings. The monoisotopic (exact) mass is 462 g/mol. The number of aromatic amines is 3. The van der Waals surface area contributed by atoms with Gasteiger partial charge in [-0.3, -0.25) is 14.4 Å². The SMILES string of the molecule is CN1CCN(C(=O)c2cccc(/C=c3\[nH]c(=O)/c(=C/c4nc[nH]c4C(C)(C)C)[nH]c3=O)c2)CC1. The van der Waals surface area contributed by atoms with E-state index in [1.54, 1.807) is 42.7 Å². The number of carbonyl (C=O) groups is 1. The third-order valence-electron chi connectivity index (χ3n) is 5.92. The number of piperazine rings is 1. The third kappa shape index (κ3) is 5.09. The minimum Gasteiger partial charge on any atom is -0.348 e. The first-order chi connectivity index (χ1) is 16.1. The van der Waals surface area contributed by atoms with Gasteiger partial charge in [0, 0.05) is 42.9 Å².